The molecule has 0 bridgehead atoms. The Kier molecular flexibility index (Phi) is 3.78. The number of halogens is 1. The summed E-state index contributed by atoms with van der Waals surface area (Å²) in [6, 6.07) is 4.69. The highest BCUT2D eigenvalue weighted by atomic mass is 19.1. The van der Waals surface area contributed by atoms with Crippen molar-refractivity contribution in [2.75, 3.05) is 19.7 Å². The molecule has 16 heavy (non-hydrogen) atoms. The minimum Gasteiger partial charge on any atom is -0.493 e. The molecular weight excluding hydrogens is 205 g/mol. The van der Waals surface area contributed by atoms with Gasteiger partial charge in [-0.05, 0) is 50.4 Å². The molecule has 0 saturated carbocycles. The van der Waals surface area contributed by atoms with Gasteiger partial charge in [0.05, 0.1) is 6.61 Å². The van der Waals surface area contributed by atoms with Gasteiger partial charge in [0.2, 0.25) is 0 Å². The van der Waals surface area contributed by atoms with Crippen molar-refractivity contribution < 1.29 is 9.13 Å². The summed E-state index contributed by atoms with van der Waals surface area (Å²) in [5.41, 5.74) is 0.996. The maximum absolute atomic E-state index is 13.0. The SMILES string of the molecule is Cc1ccc(F)cc1OCC1CCNCC1. The fourth-order valence-electron chi connectivity index (χ4n) is 1.99. The van der Waals surface area contributed by atoms with Crippen molar-refractivity contribution in [1.82, 2.24) is 5.32 Å². The molecule has 1 heterocycles. The Bertz CT molecular complexity index is 348. The summed E-state index contributed by atoms with van der Waals surface area (Å²) in [5.74, 6) is 1.05. The number of benzene rings is 1. The van der Waals surface area contributed by atoms with Crippen molar-refractivity contribution in [2.45, 2.75) is 19.8 Å². The first-order chi connectivity index (χ1) is 7.75. The van der Waals surface area contributed by atoms with Crippen LogP contribution in [0.5, 0.6) is 5.75 Å². The number of aryl methyl sites for hydroxylation is 1. The van der Waals surface area contributed by atoms with E-state index in [2.05, 4.69) is 5.32 Å². The monoisotopic (exact) mass is 223 g/mol. The van der Waals surface area contributed by atoms with E-state index in [0.717, 1.165) is 31.5 Å². The molecule has 88 valence electrons. The molecule has 1 aliphatic heterocycles. The van der Waals surface area contributed by atoms with E-state index in [1.54, 1.807) is 6.07 Å². The molecule has 0 spiro atoms. The standard InChI is InChI=1S/C13H18FNO/c1-10-2-3-12(14)8-13(10)16-9-11-4-6-15-7-5-11/h2-3,8,11,15H,4-7,9H2,1H3. The first-order valence-corrected chi connectivity index (χ1v) is 5.85. The van der Waals surface area contributed by atoms with Gasteiger partial charge >= 0.3 is 0 Å². The predicted octanol–water partition coefficient (Wildman–Crippen LogP) is 2.51. The molecule has 3 heteroatoms. The van der Waals surface area contributed by atoms with E-state index >= 15 is 0 Å². The second-order valence-corrected chi connectivity index (χ2v) is 4.41. The average molecular weight is 223 g/mol. The summed E-state index contributed by atoms with van der Waals surface area (Å²) in [6.07, 6.45) is 2.29. The zero-order valence-corrected chi connectivity index (χ0v) is 9.63. The zero-order chi connectivity index (χ0) is 11.4. The number of rotatable bonds is 3. The van der Waals surface area contributed by atoms with Crippen molar-refractivity contribution in [3.05, 3.63) is 29.6 Å². The van der Waals surface area contributed by atoms with Crippen molar-refractivity contribution in [3.63, 3.8) is 0 Å². The largest absolute Gasteiger partial charge is 0.493 e. The predicted molar refractivity (Wildman–Crippen MR) is 62.2 cm³/mol. The second kappa shape index (κ2) is 5.30. The van der Waals surface area contributed by atoms with Gasteiger partial charge in [-0.1, -0.05) is 6.07 Å². The van der Waals surface area contributed by atoms with Gasteiger partial charge in [-0.25, -0.2) is 4.39 Å². The molecule has 0 aromatic heterocycles. The fraction of sp³-hybridized carbons (Fsp3) is 0.538. The summed E-state index contributed by atoms with van der Waals surface area (Å²) in [5, 5.41) is 3.32. The quantitative estimate of drug-likeness (QED) is 0.850. The van der Waals surface area contributed by atoms with Crippen LogP contribution in [-0.4, -0.2) is 19.7 Å². The van der Waals surface area contributed by atoms with E-state index in [4.69, 9.17) is 4.74 Å². The van der Waals surface area contributed by atoms with Crippen LogP contribution < -0.4 is 10.1 Å². The van der Waals surface area contributed by atoms with Crippen LogP contribution in [-0.2, 0) is 0 Å². The fourth-order valence-corrected chi connectivity index (χ4v) is 1.99. The Morgan fingerprint density at radius 3 is 2.88 bits per heavy atom. The zero-order valence-electron chi connectivity index (χ0n) is 9.63. The van der Waals surface area contributed by atoms with Gasteiger partial charge in [0, 0.05) is 6.07 Å². The number of hydrogen-bond donors (Lipinski definition) is 1. The third-order valence-corrected chi connectivity index (χ3v) is 3.08. The van der Waals surface area contributed by atoms with E-state index in [9.17, 15) is 4.39 Å². The lowest BCUT2D eigenvalue weighted by Crippen LogP contribution is -2.30. The topological polar surface area (TPSA) is 21.3 Å². The lowest BCUT2D eigenvalue weighted by molar-refractivity contribution is 0.213. The molecule has 1 N–H and O–H groups in total. The van der Waals surface area contributed by atoms with E-state index < -0.39 is 0 Å². The summed E-state index contributed by atoms with van der Waals surface area (Å²) in [6.45, 7) is 4.77. The molecule has 1 aliphatic rings. The lowest BCUT2D eigenvalue weighted by atomic mass is 9.99. The highest BCUT2D eigenvalue weighted by Crippen LogP contribution is 2.21. The molecule has 2 nitrogen and oxygen atoms in total. The highest BCUT2D eigenvalue weighted by molar-refractivity contribution is 5.32. The van der Waals surface area contributed by atoms with Crippen molar-refractivity contribution in [2.24, 2.45) is 5.92 Å². The second-order valence-electron chi connectivity index (χ2n) is 4.41. The third-order valence-electron chi connectivity index (χ3n) is 3.08. The first kappa shape index (κ1) is 11.4. The van der Waals surface area contributed by atoms with Gasteiger partial charge in [0.25, 0.3) is 0 Å². The normalized spacial score (nSPS) is 17.4. The van der Waals surface area contributed by atoms with Gasteiger partial charge in [-0.3, -0.25) is 0 Å². The summed E-state index contributed by atoms with van der Waals surface area (Å²) >= 11 is 0. The van der Waals surface area contributed by atoms with Crippen LogP contribution in [0.2, 0.25) is 0 Å². The molecule has 0 amide bonds. The van der Waals surface area contributed by atoms with E-state index in [1.165, 1.54) is 12.1 Å². The third kappa shape index (κ3) is 2.95. The Morgan fingerprint density at radius 1 is 1.38 bits per heavy atom. The Morgan fingerprint density at radius 2 is 2.12 bits per heavy atom. The van der Waals surface area contributed by atoms with Crippen LogP contribution in [0, 0.1) is 18.7 Å². The molecule has 1 fully saturated rings. The number of ether oxygens (including phenoxy) is 1. The van der Waals surface area contributed by atoms with E-state index in [-0.39, 0.29) is 5.82 Å². The summed E-state index contributed by atoms with van der Waals surface area (Å²) in [7, 11) is 0. The molecule has 0 atom stereocenters. The van der Waals surface area contributed by atoms with E-state index in [0.29, 0.717) is 18.3 Å². The van der Waals surface area contributed by atoms with Crippen LogP contribution in [0.15, 0.2) is 18.2 Å². The lowest BCUT2D eigenvalue weighted by Gasteiger charge is -2.23. The summed E-state index contributed by atoms with van der Waals surface area (Å²) < 4.78 is 18.7. The van der Waals surface area contributed by atoms with Crippen molar-refractivity contribution in [3.8, 4) is 5.75 Å². The average Bonchev–Trinajstić information content (AvgIpc) is 2.32. The molecule has 0 radical (unpaired) electrons. The molecule has 1 aromatic carbocycles. The Labute approximate surface area is 95.8 Å². The van der Waals surface area contributed by atoms with Gasteiger partial charge in [0.15, 0.2) is 0 Å². The van der Waals surface area contributed by atoms with Gasteiger partial charge < -0.3 is 10.1 Å². The minimum absolute atomic E-state index is 0.231. The first-order valence-electron chi connectivity index (χ1n) is 5.85. The molecule has 2 rings (SSSR count). The van der Waals surface area contributed by atoms with Crippen molar-refractivity contribution in [1.29, 1.82) is 0 Å². The maximum Gasteiger partial charge on any atom is 0.126 e. The minimum atomic E-state index is -0.231. The van der Waals surface area contributed by atoms with Crippen LogP contribution >= 0.6 is 0 Å². The van der Waals surface area contributed by atoms with Crippen LogP contribution in [0.3, 0.4) is 0 Å². The maximum atomic E-state index is 13.0. The van der Waals surface area contributed by atoms with Gasteiger partial charge in [-0.15, -0.1) is 0 Å². The highest BCUT2D eigenvalue weighted by Gasteiger charge is 2.14. The van der Waals surface area contributed by atoms with Crippen LogP contribution in [0.25, 0.3) is 0 Å². The molecule has 0 aliphatic carbocycles. The smallest absolute Gasteiger partial charge is 0.126 e. The number of nitrogens with one attached hydrogen (secondary N) is 1. The molecule has 1 aromatic rings. The Hall–Kier alpha value is -1.09. The summed E-state index contributed by atoms with van der Waals surface area (Å²) in [4.78, 5) is 0. The molecule has 0 unspecified atom stereocenters. The van der Waals surface area contributed by atoms with Crippen LogP contribution in [0.4, 0.5) is 4.39 Å². The van der Waals surface area contributed by atoms with Crippen molar-refractivity contribution >= 4 is 0 Å². The van der Waals surface area contributed by atoms with Gasteiger partial charge in [-0.2, -0.15) is 0 Å². The molecule has 1 saturated heterocycles. The van der Waals surface area contributed by atoms with E-state index in [1.807, 2.05) is 6.92 Å². The Balaban J connectivity index is 1.90. The molecular formula is C13H18FNO. The van der Waals surface area contributed by atoms with Gasteiger partial charge in [0.1, 0.15) is 11.6 Å². The van der Waals surface area contributed by atoms with Crippen LogP contribution in [0.1, 0.15) is 18.4 Å². The number of piperidine rings is 1. The number of hydrogen-bond acceptors (Lipinski definition) is 2.